The minimum Gasteiger partial charge on any atom is -0.198 e. The molecule has 0 radical (unpaired) electrons. The summed E-state index contributed by atoms with van der Waals surface area (Å²) in [6, 6.07) is 2.36. The quantitative estimate of drug-likeness (QED) is 0.484. The molecule has 1 fully saturated rings. The standard InChI is InChI=1S/C8H13N/c1-6-7(2,3)8(6,4)5-9/h6H,1-4H3. The molecule has 0 aromatic carbocycles. The van der Waals surface area contributed by atoms with Gasteiger partial charge in [-0.25, -0.2) is 0 Å². The zero-order valence-corrected chi connectivity index (χ0v) is 6.52. The van der Waals surface area contributed by atoms with Crippen molar-refractivity contribution in [2.75, 3.05) is 0 Å². The molecule has 1 rings (SSSR count). The van der Waals surface area contributed by atoms with Crippen LogP contribution in [0, 0.1) is 28.1 Å². The highest BCUT2D eigenvalue weighted by molar-refractivity contribution is 5.23. The first kappa shape index (κ1) is 6.61. The molecule has 0 aromatic heterocycles. The smallest absolute Gasteiger partial charge is 0.0695 e. The van der Waals surface area contributed by atoms with Gasteiger partial charge >= 0.3 is 0 Å². The molecular weight excluding hydrogens is 110 g/mol. The van der Waals surface area contributed by atoms with Crippen molar-refractivity contribution in [1.82, 2.24) is 0 Å². The van der Waals surface area contributed by atoms with Gasteiger partial charge in [0.05, 0.1) is 11.5 Å². The maximum Gasteiger partial charge on any atom is 0.0695 e. The SMILES string of the molecule is CC1C(C)(C)C1(C)C#N. The van der Waals surface area contributed by atoms with Gasteiger partial charge in [0.2, 0.25) is 0 Å². The van der Waals surface area contributed by atoms with Crippen LogP contribution in [-0.2, 0) is 0 Å². The molecule has 0 spiro atoms. The van der Waals surface area contributed by atoms with Crippen molar-refractivity contribution in [3.63, 3.8) is 0 Å². The molecule has 0 aliphatic heterocycles. The molecule has 0 bridgehead atoms. The van der Waals surface area contributed by atoms with Crippen LogP contribution in [0.4, 0.5) is 0 Å². The van der Waals surface area contributed by atoms with Crippen LogP contribution in [0.5, 0.6) is 0 Å². The normalized spacial score (nSPS) is 45.9. The Morgan fingerprint density at radius 3 is 1.67 bits per heavy atom. The Bertz CT molecular complexity index is 175. The van der Waals surface area contributed by atoms with Crippen molar-refractivity contribution in [2.45, 2.75) is 27.7 Å². The Balaban J connectivity index is 2.85. The molecule has 0 N–H and O–H groups in total. The third-order valence-electron chi connectivity index (χ3n) is 3.44. The van der Waals surface area contributed by atoms with E-state index in [1.54, 1.807) is 0 Å². The Morgan fingerprint density at radius 2 is 1.67 bits per heavy atom. The number of rotatable bonds is 0. The molecule has 1 aliphatic carbocycles. The lowest BCUT2D eigenvalue weighted by molar-refractivity contribution is 0.508. The zero-order valence-electron chi connectivity index (χ0n) is 6.52. The molecule has 0 amide bonds. The fourth-order valence-corrected chi connectivity index (χ4v) is 1.52. The lowest BCUT2D eigenvalue weighted by Gasteiger charge is -2.01. The summed E-state index contributed by atoms with van der Waals surface area (Å²) in [5.74, 6) is 0.565. The molecule has 2 unspecified atom stereocenters. The average Bonchev–Trinajstić information content (AvgIpc) is 2.16. The second-order valence-corrected chi connectivity index (χ2v) is 3.76. The van der Waals surface area contributed by atoms with Gasteiger partial charge in [0, 0.05) is 0 Å². The van der Waals surface area contributed by atoms with E-state index in [-0.39, 0.29) is 10.8 Å². The van der Waals surface area contributed by atoms with Crippen LogP contribution in [0.2, 0.25) is 0 Å². The first-order valence-corrected chi connectivity index (χ1v) is 3.38. The number of nitrogens with zero attached hydrogens (tertiary/aromatic N) is 1. The van der Waals surface area contributed by atoms with Crippen LogP contribution >= 0.6 is 0 Å². The van der Waals surface area contributed by atoms with Gasteiger partial charge in [-0.1, -0.05) is 20.8 Å². The maximum absolute atomic E-state index is 8.72. The van der Waals surface area contributed by atoms with Crippen LogP contribution in [-0.4, -0.2) is 0 Å². The van der Waals surface area contributed by atoms with E-state index in [0.29, 0.717) is 5.92 Å². The van der Waals surface area contributed by atoms with Gasteiger partial charge in [-0.05, 0) is 18.3 Å². The van der Waals surface area contributed by atoms with Gasteiger partial charge in [-0.2, -0.15) is 5.26 Å². The summed E-state index contributed by atoms with van der Waals surface area (Å²) in [5, 5.41) is 8.72. The van der Waals surface area contributed by atoms with Gasteiger partial charge < -0.3 is 0 Å². The molecule has 1 heteroatoms. The minimum absolute atomic E-state index is 0.0486. The molecule has 0 saturated heterocycles. The predicted octanol–water partition coefficient (Wildman–Crippen LogP) is 2.19. The molecule has 50 valence electrons. The molecule has 1 saturated carbocycles. The topological polar surface area (TPSA) is 23.8 Å². The fraction of sp³-hybridized carbons (Fsp3) is 0.875. The zero-order chi connectivity index (χ0) is 7.28. The lowest BCUT2D eigenvalue weighted by atomic mass is 10.0. The molecule has 2 atom stereocenters. The summed E-state index contributed by atoms with van der Waals surface area (Å²) in [5.41, 5.74) is 0.203. The van der Waals surface area contributed by atoms with Crippen molar-refractivity contribution in [3.8, 4) is 6.07 Å². The average molecular weight is 123 g/mol. The van der Waals surface area contributed by atoms with E-state index < -0.39 is 0 Å². The van der Waals surface area contributed by atoms with Gasteiger partial charge in [0.15, 0.2) is 0 Å². The summed E-state index contributed by atoms with van der Waals surface area (Å²) in [6.45, 7) is 8.49. The summed E-state index contributed by atoms with van der Waals surface area (Å²) in [4.78, 5) is 0. The predicted molar refractivity (Wildman–Crippen MR) is 36.7 cm³/mol. The van der Waals surface area contributed by atoms with E-state index in [1.807, 2.05) is 6.92 Å². The Labute approximate surface area is 56.7 Å². The van der Waals surface area contributed by atoms with Crippen LogP contribution in [0.15, 0.2) is 0 Å². The number of nitriles is 1. The third kappa shape index (κ3) is 0.489. The van der Waals surface area contributed by atoms with Crippen LogP contribution < -0.4 is 0 Å². The second-order valence-electron chi connectivity index (χ2n) is 3.76. The van der Waals surface area contributed by atoms with Crippen molar-refractivity contribution >= 4 is 0 Å². The van der Waals surface area contributed by atoms with Crippen molar-refractivity contribution in [2.24, 2.45) is 16.7 Å². The number of hydrogen-bond donors (Lipinski definition) is 0. The minimum atomic E-state index is -0.0486. The Hall–Kier alpha value is -0.510. The highest BCUT2D eigenvalue weighted by atomic mass is 14.7. The largest absolute Gasteiger partial charge is 0.198 e. The van der Waals surface area contributed by atoms with Crippen molar-refractivity contribution in [3.05, 3.63) is 0 Å². The maximum atomic E-state index is 8.72. The third-order valence-corrected chi connectivity index (χ3v) is 3.44. The fourth-order valence-electron chi connectivity index (χ4n) is 1.52. The van der Waals surface area contributed by atoms with Gasteiger partial charge in [0.1, 0.15) is 0 Å². The summed E-state index contributed by atoms with van der Waals surface area (Å²) >= 11 is 0. The van der Waals surface area contributed by atoms with Crippen molar-refractivity contribution in [1.29, 1.82) is 5.26 Å². The molecule has 0 aromatic rings. The van der Waals surface area contributed by atoms with Crippen LogP contribution in [0.25, 0.3) is 0 Å². The monoisotopic (exact) mass is 123 g/mol. The highest BCUT2D eigenvalue weighted by Gasteiger charge is 2.66. The molecule has 1 nitrogen and oxygen atoms in total. The van der Waals surface area contributed by atoms with E-state index in [4.69, 9.17) is 5.26 Å². The van der Waals surface area contributed by atoms with Crippen LogP contribution in [0.3, 0.4) is 0 Å². The molecular formula is C8H13N. The first-order valence-electron chi connectivity index (χ1n) is 3.38. The van der Waals surface area contributed by atoms with E-state index in [0.717, 1.165) is 0 Å². The van der Waals surface area contributed by atoms with Gasteiger partial charge in [0.25, 0.3) is 0 Å². The first-order chi connectivity index (χ1) is 3.97. The Morgan fingerprint density at radius 1 is 1.33 bits per heavy atom. The van der Waals surface area contributed by atoms with Crippen LogP contribution in [0.1, 0.15) is 27.7 Å². The summed E-state index contributed by atoms with van der Waals surface area (Å²) < 4.78 is 0. The summed E-state index contributed by atoms with van der Waals surface area (Å²) in [7, 11) is 0. The highest BCUT2D eigenvalue weighted by Crippen LogP contribution is 2.67. The van der Waals surface area contributed by atoms with E-state index in [9.17, 15) is 0 Å². The summed E-state index contributed by atoms with van der Waals surface area (Å²) in [6.07, 6.45) is 0. The van der Waals surface area contributed by atoms with E-state index in [2.05, 4.69) is 26.8 Å². The second kappa shape index (κ2) is 1.31. The van der Waals surface area contributed by atoms with Gasteiger partial charge in [-0.3, -0.25) is 0 Å². The van der Waals surface area contributed by atoms with Gasteiger partial charge in [-0.15, -0.1) is 0 Å². The lowest BCUT2D eigenvalue weighted by Crippen LogP contribution is -1.98. The molecule has 1 aliphatic rings. The Kier molecular flexibility index (Phi) is 0.965. The van der Waals surface area contributed by atoms with E-state index >= 15 is 0 Å². The molecule has 9 heavy (non-hydrogen) atoms. The van der Waals surface area contributed by atoms with E-state index in [1.165, 1.54) is 0 Å². The van der Waals surface area contributed by atoms with Crippen molar-refractivity contribution < 1.29 is 0 Å². The number of hydrogen-bond acceptors (Lipinski definition) is 1. The molecule has 0 heterocycles.